The smallest absolute Gasteiger partial charge is 0.0325 e. The predicted octanol–water partition coefficient (Wildman–Crippen LogP) is 4.48. The maximum atomic E-state index is 3.99. The standard InChI is InChI=1S/C18H27N/c1-13-10-11-14(2)18(12-13)19-17-9-5-7-15-6-3-4-8-16(15)17/h3-4,6,8,13-14,17-19H,5,7,9-12H2,1-2H3. The number of aryl methyl sites for hydroxylation is 1. The molecular weight excluding hydrogens is 230 g/mol. The summed E-state index contributed by atoms with van der Waals surface area (Å²) < 4.78 is 0. The van der Waals surface area contributed by atoms with E-state index in [0.29, 0.717) is 6.04 Å². The molecule has 0 aliphatic heterocycles. The van der Waals surface area contributed by atoms with Gasteiger partial charge in [-0.2, -0.15) is 0 Å². The molecule has 0 heterocycles. The Kier molecular flexibility index (Phi) is 3.93. The van der Waals surface area contributed by atoms with Gasteiger partial charge in [0.15, 0.2) is 0 Å². The zero-order valence-corrected chi connectivity index (χ0v) is 12.4. The van der Waals surface area contributed by atoms with Crippen molar-refractivity contribution >= 4 is 0 Å². The van der Waals surface area contributed by atoms with Gasteiger partial charge in [0.1, 0.15) is 0 Å². The van der Waals surface area contributed by atoms with E-state index < -0.39 is 0 Å². The highest BCUT2D eigenvalue weighted by molar-refractivity contribution is 5.32. The van der Waals surface area contributed by atoms with Crippen LogP contribution in [0.2, 0.25) is 0 Å². The van der Waals surface area contributed by atoms with Crippen molar-refractivity contribution in [2.24, 2.45) is 11.8 Å². The highest BCUT2D eigenvalue weighted by Gasteiger charge is 2.29. The third kappa shape index (κ3) is 2.86. The lowest BCUT2D eigenvalue weighted by molar-refractivity contribution is 0.207. The molecule has 0 saturated heterocycles. The molecule has 0 spiro atoms. The summed E-state index contributed by atoms with van der Waals surface area (Å²) in [6, 6.07) is 10.4. The van der Waals surface area contributed by atoms with E-state index in [9.17, 15) is 0 Å². The van der Waals surface area contributed by atoms with Crippen molar-refractivity contribution in [2.75, 3.05) is 0 Å². The molecule has 1 N–H and O–H groups in total. The first-order valence-electron chi connectivity index (χ1n) is 8.08. The fourth-order valence-electron chi connectivity index (χ4n) is 3.95. The Bertz CT molecular complexity index is 425. The van der Waals surface area contributed by atoms with Gasteiger partial charge in [0, 0.05) is 12.1 Å². The average Bonchev–Trinajstić information content (AvgIpc) is 2.43. The van der Waals surface area contributed by atoms with Crippen molar-refractivity contribution in [1.82, 2.24) is 5.32 Å². The van der Waals surface area contributed by atoms with Crippen LogP contribution < -0.4 is 5.32 Å². The second-order valence-electron chi connectivity index (χ2n) is 6.81. The quantitative estimate of drug-likeness (QED) is 0.823. The average molecular weight is 257 g/mol. The lowest BCUT2D eigenvalue weighted by Gasteiger charge is -2.38. The van der Waals surface area contributed by atoms with Gasteiger partial charge in [-0.3, -0.25) is 0 Å². The molecule has 0 aromatic heterocycles. The van der Waals surface area contributed by atoms with Crippen LogP contribution in [-0.2, 0) is 6.42 Å². The first-order chi connectivity index (χ1) is 9.24. The van der Waals surface area contributed by atoms with E-state index >= 15 is 0 Å². The van der Waals surface area contributed by atoms with Gasteiger partial charge in [0.05, 0.1) is 0 Å². The van der Waals surface area contributed by atoms with Crippen molar-refractivity contribution in [3.05, 3.63) is 35.4 Å². The molecule has 2 aliphatic rings. The Morgan fingerprint density at radius 2 is 1.89 bits per heavy atom. The fourth-order valence-corrected chi connectivity index (χ4v) is 3.95. The summed E-state index contributed by atoms with van der Waals surface area (Å²) in [5.41, 5.74) is 3.14. The Balaban J connectivity index is 1.73. The molecule has 0 radical (unpaired) electrons. The van der Waals surface area contributed by atoms with Crippen LogP contribution in [0.3, 0.4) is 0 Å². The monoisotopic (exact) mass is 257 g/mol. The van der Waals surface area contributed by atoms with E-state index in [2.05, 4.69) is 43.4 Å². The lowest BCUT2D eigenvalue weighted by atomic mass is 9.78. The molecule has 19 heavy (non-hydrogen) atoms. The van der Waals surface area contributed by atoms with Gasteiger partial charge in [0.2, 0.25) is 0 Å². The second kappa shape index (κ2) is 5.66. The Hall–Kier alpha value is -0.820. The summed E-state index contributed by atoms with van der Waals surface area (Å²) in [7, 11) is 0. The van der Waals surface area contributed by atoms with Crippen LogP contribution >= 0.6 is 0 Å². The van der Waals surface area contributed by atoms with Crippen molar-refractivity contribution in [3.8, 4) is 0 Å². The number of rotatable bonds is 2. The minimum atomic E-state index is 0.600. The molecule has 104 valence electrons. The van der Waals surface area contributed by atoms with Crippen LogP contribution in [0.15, 0.2) is 24.3 Å². The number of nitrogens with one attached hydrogen (secondary N) is 1. The predicted molar refractivity (Wildman–Crippen MR) is 81.2 cm³/mol. The van der Waals surface area contributed by atoms with Crippen LogP contribution in [0.25, 0.3) is 0 Å². The Morgan fingerprint density at radius 1 is 1.05 bits per heavy atom. The topological polar surface area (TPSA) is 12.0 Å². The third-order valence-electron chi connectivity index (χ3n) is 5.24. The Morgan fingerprint density at radius 3 is 2.79 bits per heavy atom. The number of hydrogen-bond acceptors (Lipinski definition) is 1. The van der Waals surface area contributed by atoms with Crippen molar-refractivity contribution in [3.63, 3.8) is 0 Å². The number of fused-ring (bicyclic) bond motifs is 1. The molecule has 4 unspecified atom stereocenters. The van der Waals surface area contributed by atoms with Gasteiger partial charge >= 0.3 is 0 Å². The molecule has 1 heteroatoms. The molecule has 1 aromatic rings. The van der Waals surface area contributed by atoms with Crippen LogP contribution in [0.1, 0.15) is 63.1 Å². The second-order valence-corrected chi connectivity index (χ2v) is 6.81. The SMILES string of the molecule is CC1CCC(C)C(NC2CCCc3ccccc32)C1. The highest BCUT2D eigenvalue weighted by Crippen LogP contribution is 2.34. The van der Waals surface area contributed by atoms with Crippen LogP contribution in [0.5, 0.6) is 0 Å². The summed E-state index contributed by atoms with van der Waals surface area (Å²) in [4.78, 5) is 0. The number of hydrogen-bond donors (Lipinski definition) is 1. The third-order valence-corrected chi connectivity index (χ3v) is 5.24. The molecule has 1 saturated carbocycles. The molecule has 2 aliphatic carbocycles. The molecule has 1 aromatic carbocycles. The van der Waals surface area contributed by atoms with E-state index in [1.807, 2.05) is 0 Å². The van der Waals surface area contributed by atoms with E-state index in [-0.39, 0.29) is 0 Å². The fraction of sp³-hybridized carbons (Fsp3) is 0.667. The molecule has 1 nitrogen and oxygen atoms in total. The molecular formula is C18H27N. The van der Waals surface area contributed by atoms with Crippen molar-refractivity contribution in [2.45, 2.75) is 64.5 Å². The lowest BCUT2D eigenvalue weighted by Crippen LogP contribution is -2.42. The van der Waals surface area contributed by atoms with Crippen molar-refractivity contribution in [1.29, 1.82) is 0 Å². The molecule has 1 fully saturated rings. The van der Waals surface area contributed by atoms with Crippen LogP contribution in [0.4, 0.5) is 0 Å². The zero-order valence-electron chi connectivity index (χ0n) is 12.4. The first-order valence-corrected chi connectivity index (χ1v) is 8.08. The van der Waals surface area contributed by atoms with E-state index in [4.69, 9.17) is 0 Å². The summed E-state index contributed by atoms with van der Waals surface area (Å²) in [5.74, 6) is 1.73. The largest absolute Gasteiger partial charge is 0.307 e. The normalized spacial score (nSPS) is 34.8. The minimum Gasteiger partial charge on any atom is -0.307 e. The van der Waals surface area contributed by atoms with Crippen molar-refractivity contribution < 1.29 is 0 Å². The maximum absolute atomic E-state index is 3.99. The van der Waals surface area contributed by atoms with E-state index in [1.165, 1.54) is 38.5 Å². The number of benzene rings is 1. The van der Waals surface area contributed by atoms with E-state index in [0.717, 1.165) is 17.9 Å². The van der Waals surface area contributed by atoms with Gasteiger partial charge in [-0.15, -0.1) is 0 Å². The summed E-state index contributed by atoms with van der Waals surface area (Å²) in [6.45, 7) is 4.84. The minimum absolute atomic E-state index is 0.600. The molecule has 4 atom stereocenters. The highest BCUT2D eigenvalue weighted by atomic mass is 15.0. The molecule has 0 amide bonds. The van der Waals surface area contributed by atoms with Crippen LogP contribution in [-0.4, -0.2) is 6.04 Å². The first kappa shape index (κ1) is 13.2. The summed E-state index contributed by atoms with van der Waals surface area (Å²) >= 11 is 0. The van der Waals surface area contributed by atoms with E-state index in [1.54, 1.807) is 11.1 Å². The molecule has 0 bridgehead atoms. The van der Waals surface area contributed by atoms with Crippen LogP contribution in [0, 0.1) is 11.8 Å². The van der Waals surface area contributed by atoms with Gasteiger partial charge in [-0.25, -0.2) is 0 Å². The van der Waals surface area contributed by atoms with Gasteiger partial charge in [-0.05, 0) is 55.1 Å². The Labute approximate surface area is 117 Å². The summed E-state index contributed by atoms with van der Waals surface area (Å²) in [5, 5.41) is 3.99. The summed E-state index contributed by atoms with van der Waals surface area (Å²) in [6.07, 6.45) is 8.10. The van der Waals surface area contributed by atoms with Gasteiger partial charge in [0.25, 0.3) is 0 Å². The van der Waals surface area contributed by atoms with Gasteiger partial charge < -0.3 is 5.32 Å². The van der Waals surface area contributed by atoms with Gasteiger partial charge in [-0.1, -0.05) is 44.5 Å². The maximum Gasteiger partial charge on any atom is 0.0325 e. The zero-order chi connectivity index (χ0) is 13.2. The molecule has 3 rings (SSSR count).